The SMILES string of the molecule is CCc1cc(C(=O)N2CCC(CC)CC2)cc(Cl)n1. The van der Waals surface area contributed by atoms with Crippen LogP contribution in [0.2, 0.25) is 5.15 Å². The summed E-state index contributed by atoms with van der Waals surface area (Å²) >= 11 is 5.98. The third kappa shape index (κ3) is 3.47. The van der Waals surface area contributed by atoms with Crippen LogP contribution in [0.5, 0.6) is 0 Å². The van der Waals surface area contributed by atoms with Gasteiger partial charge >= 0.3 is 0 Å². The van der Waals surface area contributed by atoms with Gasteiger partial charge in [-0.2, -0.15) is 0 Å². The number of carbonyl (C=O) groups excluding carboxylic acids is 1. The van der Waals surface area contributed by atoms with Crippen LogP contribution in [0.25, 0.3) is 0 Å². The van der Waals surface area contributed by atoms with Crippen molar-refractivity contribution in [2.24, 2.45) is 5.92 Å². The minimum absolute atomic E-state index is 0.0913. The molecule has 1 aromatic heterocycles. The van der Waals surface area contributed by atoms with E-state index in [0.29, 0.717) is 10.7 Å². The Morgan fingerprint density at radius 3 is 2.63 bits per heavy atom. The van der Waals surface area contributed by atoms with Gasteiger partial charge in [0.05, 0.1) is 0 Å². The Hall–Kier alpha value is -1.09. The lowest BCUT2D eigenvalue weighted by atomic mass is 9.94. The number of pyridine rings is 1. The number of aryl methyl sites for hydroxylation is 1. The van der Waals surface area contributed by atoms with E-state index in [9.17, 15) is 4.79 Å². The zero-order valence-corrected chi connectivity index (χ0v) is 12.4. The first-order chi connectivity index (χ1) is 9.13. The predicted octanol–water partition coefficient (Wildman–Crippen LogP) is 3.56. The first-order valence-corrected chi connectivity index (χ1v) is 7.47. The Labute approximate surface area is 120 Å². The van der Waals surface area contributed by atoms with Gasteiger partial charge in [-0.05, 0) is 37.3 Å². The second-order valence-corrected chi connectivity index (χ2v) is 5.55. The van der Waals surface area contributed by atoms with Crippen LogP contribution in [0.1, 0.15) is 49.2 Å². The van der Waals surface area contributed by atoms with E-state index < -0.39 is 0 Å². The number of rotatable bonds is 3. The molecule has 0 unspecified atom stereocenters. The summed E-state index contributed by atoms with van der Waals surface area (Å²) in [6, 6.07) is 3.54. The summed E-state index contributed by atoms with van der Waals surface area (Å²) in [5.74, 6) is 0.866. The Bertz CT molecular complexity index is 453. The van der Waals surface area contributed by atoms with Crippen molar-refractivity contribution < 1.29 is 4.79 Å². The molecule has 1 saturated heterocycles. The summed E-state index contributed by atoms with van der Waals surface area (Å²) in [6.07, 6.45) is 4.23. The van der Waals surface area contributed by atoms with Gasteiger partial charge in [0.1, 0.15) is 5.15 Å². The summed E-state index contributed by atoms with van der Waals surface area (Å²) in [4.78, 5) is 18.6. The first-order valence-electron chi connectivity index (χ1n) is 7.09. The Kier molecular flexibility index (Phi) is 4.81. The monoisotopic (exact) mass is 280 g/mol. The molecule has 0 spiro atoms. The van der Waals surface area contributed by atoms with Crippen LogP contribution in [-0.2, 0) is 6.42 Å². The summed E-state index contributed by atoms with van der Waals surface area (Å²) < 4.78 is 0. The van der Waals surface area contributed by atoms with E-state index in [1.54, 1.807) is 6.07 Å². The molecule has 19 heavy (non-hydrogen) atoms. The highest BCUT2D eigenvalue weighted by atomic mass is 35.5. The minimum Gasteiger partial charge on any atom is -0.339 e. The van der Waals surface area contributed by atoms with Crippen LogP contribution < -0.4 is 0 Å². The maximum absolute atomic E-state index is 12.5. The molecule has 1 aliphatic rings. The number of halogens is 1. The molecule has 4 heteroatoms. The smallest absolute Gasteiger partial charge is 0.254 e. The maximum Gasteiger partial charge on any atom is 0.254 e. The summed E-state index contributed by atoms with van der Waals surface area (Å²) in [5.41, 5.74) is 1.55. The zero-order chi connectivity index (χ0) is 13.8. The van der Waals surface area contributed by atoms with E-state index in [1.165, 1.54) is 6.42 Å². The molecule has 2 rings (SSSR count). The van der Waals surface area contributed by atoms with Crippen molar-refractivity contribution in [1.82, 2.24) is 9.88 Å². The molecule has 0 radical (unpaired) electrons. The fourth-order valence-corrected chi connectivity index (χ4v) is 2.81. The summed E-state index contributed by atoms with van der Waals surface area (Å²) in [7, 11) is 0. The quantitative estimate of drug-likeness (QED) is 0.793. The average molecular weight is 281 g/mol. The molecule has 1 aliphatic heterocycles. The number of hydrogen-bond acceptors (Lipinski definition) is 2. The predicted molar refractivity (Wildman–Crippen MR) is 77.5 cm³/mol. The van der Waals surface area contributed by atoms with E-state index in [-0.39, 0.29) is 5.91 Å². The van der Waals surface area contributed by atoms with Gasteiger partial charge in [0.25, 0.3) is 5.91 Å². The van der Waals surface area contributed by atoms with Crippen LogP contribution in [0, 0.1) is 5.92 Å². The number of hydrogen-bond donors (Lipinski definition) is 0. The van der Waals surface area contributed by atoms with Gasteiger partial charge in [-0.15, -0.1) is 0 Å². The molecule has 1 amide bonds. The van der Waals surface area contributed by atoms with Gasteiger partial charge in [-0.3, -0.25) is 4.79 Å². The van der Waals surface area contributed by atoms with Gasteiger partial charge in [0.15, 0.2) is 0 Å². The van der Waals surface area contributed by atoms with E-state index in [2.05, 4.69) is 11.9 Å². The molecular weight excluding hydrogens is 260 g/mol. The van der Waals surface area contributed by atoms with E-state index in [0.717, 1.165) is 44.0 Å². The van der Waals surface area contributed by atoms with Crippen molar-refractivity contribution >= 4 is 17.5 Å². The Morgan fingerprint density at radius 2 is 2.05 bits per heavy atom. The van der Waals surface area contributed by atoms with E-state index in [1.807, 2.05) is 17.9 Å². The average Bonchev–Trinajstić information content (AvgIpc) is 2.46. The van der Waals surface area contributed by atoms with Crippen LogP contribution in [-0.4, -0.2) is 28.9 Å². The highest BCUT2D eigenvalue weighted by Crippen LogP contribution is 2.22. The number of likely N-dealkylation sites (tertiary alicyclic amines) is 1. The Balaban J connectivity index is 2.09. The summed E-state index contributed by atoms with van der Waals surface area (Å²) in [6.45, 7) is 5.95. The third-order valence-corrected chi connectivity index (χ3v) is 4.13. The van der Waals surface area contributed by atoms with Crippen molar-refractivity contribution in [3.63, 3.8) is 0 Å². The molecule has 0 aliphatic carbocycles. The van der Waals surface area contributed by atoms with Crippen LogP contribution in [0.3, 0.4) is 0 Å². The van der Waals surface area contributed by atoms with Gasteiger partial charge in [-0.25, -0.2) is 4.98 Å². The number of amides is 1. The molecule has 104 valence electrons. The highest BCUT2D eigenvalue weighted by Gasteiger charge is 2.23. The highest BCUT2D eigenvalue weighted by molar-refractivity contribution is 6.29. The van der Waals surface area contributed by atoms with Crippen molar-refractivity contribution in [2.75, 3.05) is 13.1 Å². The van der Waals surface area contributed by atoms with Crippen LogP contribution in [0.4, 0.5) is 0 Å². The van der Waals surface area contributed by atoms with E-state index in [4.69, 9.17) is 11.6 Å². The molecule has 1 aromatic rings. The van der Waals surface area contributed by atoms with Crippen molar-refractivity contribution in [1.29, 1.82) is 0 Å². The molecule has 0 saturated carbocycles. The van der Waals surface area contributed by atoms with Gasteiger partial charge < -0.3 is 4.90 Å². The normalized spacial score (nSPS) is 16.7. The molecule has 0 bridgehead atoms. The number of aromatic nitrogens is 1. The molecule has 0 N–H and O–H groups in total. The fraction of sp³-hybridized carbons (Fsp3) is 0.600. The van der Waals surface area contributed by atoms with Gasteiger partial charge in [0.2, 0.25) is 0 Å². The van der Waals surface area contributed by atoms with Gasteiger partial charge in [-0.1, -0.05) is 31.9 Å². The second kappa shape index (κ2) is 6.38. The minimum atomic E-state index is 0.0913. The topological polar surface area (TPSA) is 33.2 Å². The van der Waals surface area contributed by atoms with E-state index >= 15 is 0 Å². The van der Waals surface area contributed by atoms with Gasteiger partial charge in [0, 0.05) is 24.3 Å². The van der Waals surface area contributed by atoms with Crippen LogP contribution in [0.15, 0.2) is 12.1 Å². The second-order valence-electron chi connectivity index (χ2n) is 5.17. The maximum atomic E-state index is 12.5. The molecule has 0 aromatic carbocycles. The largest absolute Gasteiger partial charge is 0.339 e. The van der Waals surface area contributed by atoms with Crippen molar-refractivity contribution in [2.45, 2.75) is 39.5 Å². The summed E-state index contributed by atoms with van der Waals surface area (Å²) in [5, 5.41) is 0.408. The zero-order valence-electron chi connectivity index (χ0n) is 11.7. The lowest BCUT2D eigenvalue weighted by Crippen LogP contribution is -2.38. The molecule has 1 fully saturated rings. The number of carbonyl (C=O) groups is 1. The Morgan fingerprint density at radius 1 is 1.37 bits per heavy atom. The molecule has 3 nitrogen and oxygen atoms in total. The molecular formula is C15H21ClN2O. The molecule has 0 atom stereocenters. The number of nitrogens with zero attached hydrogens (tertiary/aromatic N) is 2. The lowest BCUT2D eigenvalue weighted by Gasteiger charge is -2.31. The lowest BCUT2D eigenvalue weighted by molar-refractivity contribution is 0.0688. The fourth-order valence-electron chi connectivity index (χ4n) is 2.58. The molecule has 2 heterocycles. The third-order valence-electron chi connectivity index (χ3n) is 3.94. The van der Waals surface area contributed by atoms with Crippen molar-refractivity contribution in [3.8, 4) is 0 Å². The first kappa shape index (κ1) is 14.3. The van der Waals surface area contributed by atoms with Crippen LogP contribution >= 0.6 is 11.6 Å². The standard InChI is InChI=1S/C15H21ClN2O/c1-3-11-5-7-18(8-6-11)15(19)12-9-13(4-2)17-14(16)10-12/h9-11H,3-8H2,1-2H3. The number of piperidine rings is 1. The van der Waals surface area contributed by atoms with Crippen molar-refractivity contribution in [3.05, 3.63) is 28.5 Å².